The Morgan fingerprint density at radius 3 is 2.21 bits per heavy atom. The summed E-state index contributed by atoms with van der Waals surface area (Å²) in [7, 11) is -3.93. The van der Waals surface area contributed by atoms with Gasteiger partial charge in [-0.1, -0.05) is 60.1 Å². The predicted molar refractivity (Wildman–Crippen MR) is 159 cm³/mol. The first-order valence-electron chi connectivity index (χ1n) is 13.0. The van der Waals surface area contributed by atoms with Gasteiger partial charge in [-0.2, -0.15) is 0 Å². The van der Waals surface area contributed by atoms with Crippen LogP contribution in [-0.4, -0.2) is 37.8 Å². The third-order valence-corrected chi connectivity index (χ3v) is 8.13. The van der Waals surface area contributed by atoms with Crippen molar-refractivity contribution < 1.29 is 27.1 Å². The van der Waals surface area contributed by atoms with Gasteiger partial charge in [0.05, 0.1) is 4.90 Å². The summed E-state index contributed by atoms with van der Waals surface area (Å²) in [5.41, 5.74) is 1.80. The number of hydrogen-bond donors (Lipinski definition) is 2. The van der Waals surface area contributed by atoms with Crippen LogP contribution in [0.3, 0.4) is 0 Å². The van der Waals surface area contributed by atoms with Crippen molar-refractivity contribution in [2.45, 2.75) is 31.0 Å². The van der Waals surface area contributed by atoms with Crippen LogP contribution >= 0.6 is 11.6 Å². The molecule has 0 radical (unpaired) electrons. The Balaban J connectivity index is 1.41. The standard InChI is InChI=1S/C31H29ClFN3O5S/c1-22(31(38)34-19-24-9-5-6-10-29(24)32)36(20-23-7-3-2-4-8-23)30(37)21-41-27-15-17-28(18-16-27)42(39,40)35-26-13-11-25(33)12-14-26/h2-18,22,35H,19-21H2,1H3,(H,34,38)/t22-/m0/s1. The summed E-state index contributed by atoms with van der Waals surface area (Å²) in [6, 6.07) is 26.0. The summed E-state index contributed by atoms with van der Waals surface area (Å²) in [5, 5.41) is 3.36. The SMILES string of the molecule is C[C@@H](C(=O)NCc1ccccc1Cl)N(Cc1ccccc1)C(=O)COc1ccc(S(=O)(=O)Nc2ccc(F)cc2)cc1. The number of benzene rings is 4. The minimum Gasteiger partial charge on any atom is -0.484 e. The maximum atomic E-state index is 13.3. The van der Waals surface area contributed by atoms with Gasteiger partial charge >= 0.3 is 0 Å². The number of amides is 2. The molecule has 218 valence electrons. The second kappa shape index (κ2) is 14.0. The van der Waals surface area contributed by atoms with Gasteiger partial charge in [-0.15, -0.1) is 0 Å². The highest BCUT2D eigenvalue weighted by Crippen LogP contribution is 2.20. The van der Waals surface area contributed by atoms with Gasteiger partial charge in [0.1, 0.15) is 17.6 Å². The Morgan fingerprint density at radius 2 is 1.55 bits per heavy atom. The fourth-order valence-corrected chi connectivity index (χ4v) is 5.27. The van der Waals surface area contributed by atoms with Crippen LogP contribution in [0.25, 0.3) is 0 Å². The fraction of sp³-hybridized carbons (Fsp3) is 0.161. The summed E-state index contributed by atoms with van der Waals surface area (Å²) < 4.78 is 46.5. The number of carbonyl (C=O) groups is 2. The minimum absolute atomic E-state index is 0.0416. The van der Waals surface area contributed by atoms with E-state index in [4.69, 9.17) is 16.3 Å². The number of rotatable bonds is 12. The third kappa shape index (κ3) is 8.31. The molecular weight excluding hydrogens is 581 g/mol. The number of anilines is 1. The van der Waals surface area contributed by atoms with Crippen molar-refractivity contribution in [2.24, 2.45) is 0 Å². The number of ether oxygens (including phenoxy) is 1. The van der Waals surface area contributed by atoms with E-state index >= 15 is 0 Å². The summed E-state index contributed by atoms with van der Waals surface area (Å²) >= 11 is 6.20. The largest absolute Gasteiger partial charge is 0.484 e. The molecule has 2 amide bonds. The van der Waals surface area contributed by atoms with Gasteiger partial charge in [0.2, 0.25) is 5.91 Å². The van der Waals surface area contributed by atoms with Crippen LogP contribution in [-0.2, 0) is 32.7 Å². The fourth-order valence-electron chi connectivity index (χ4n) is 4.01. The highest BCUT2D eigenvalue weighted by atomic mass is 35.5. The lowest BCUT2D eigenvalue weighted by Gasteiger charge is -2.29. The molecule has 4 aromatic rings. The van der Waals surface area contributed by atoms with Crippen molar-refractivity contribution in [1.29, 1.82) is 0 Å². The van der Waals surface area contributed by atoms with E-state index in [1.165, 1.54) is 41.3 Å². The number of sulfonamides is 1. The van der Waals surface area contributed by atoms with Gasteiger partial charge in [0, 0.05) is 23.8 Å². The first kappa shape index (κ1) is 30.5. The van der Waals surface area contributed by atoms with Crippen molar-refractivity contribution in [2.75, 3.05) is 11.3 Å². The van der Waals surface area contributed by atoms with Gasteiger partial charge in [-0.25, -0.2) is 12.8 Å². The molecule has 4 aromatic carbocycles. The van der Waals surface area contributed by atoms with Crippen LogP contribution in [0, 0.1) is 5.82 Å². The minimum atomic E-state index is -3.93. The average Bonchev–Trinajstić information content (AvgIpc) is 2.99. The van der Waals surface area contributed by atoms with E-state index in [1.54, 1.807) is 19.1 Å². The maximum Gasteiger partial charge on any atom is 0.261 e. The quantitative estimate of drug-likeness (QED) is 0.224. The summed E-state index contributed by atoms with van der Waals surface area (Å²) in [5.74, 6) is -1.01. The second-order valence-electron chi connectivity index (χ2n) is 9.36. The van der Waals surface area contributed by atoms with Crippen LogP contribution < -0.4 is 14.8 Å². The molecule has 11 heteroatoms. The van der Waals surface area contributed by atoms with E-state index < -0.39 is 27.8 Å². The molecule has 0 heterocycles. The molecule has 0 saturated heterocycles. The van der Waals surface area contributed by atoms with E-state index in [0.717, 1.165) is 23.3 Å². The molecule has 0 aliphatic heterocycles. The van der Waals surface area contributed by atoms with Crippen molar-refractivity contribution in [3.05, 3.63) is 125 Å². The normalized spacial score (nSPS) is 11.8. The smallest absolute Gasteiger partial charge is 0.261 e. The van der Waals surface area contributed by atoms with E-state index in [0.29, 0.717) is 5.02 Å². The van der Waals surface area contributed by atoms with Crippen LogP contribution in [0.4, 0.5) is 10.1 Å². The van der Waals surface area contributed by atoms with Crippen molar-refractivity contribution in [3.8, 4) is 5.75 Å². The van der Waals surface area contributed by atoms with Crippen LogP contribution in [0.2, 0.25) is 5.02 Å². The molecule has 4 rings (SSSR count). The molecule has 0 spiro atoms. The predicted octanol–water partition coefficient (Wildman–Crippen LogP) is 5.39. The van der Waals surface area contributed by atoms with E-state index in [2.05, 4.69) is 10.0 Å². The molecule has 0 aliphatic rings. The topological polar surface area (TPSA) is 105 Å². The Kier molecular flexibility index (Phi) is 10.2. The van der Waals surface area contributed by atoms with Gasteiger partial charge in [-0.05, 0) is 72.6 Å². The first-order chi connectivity index (χ1) is 20.1. The van der Waals surface area contributed by atoms with Crippen LogP contribution in [0.1, 0.15) is 18.1 Å². The van der Waals surface area contributed by atoms with Crippen LogP contribution in [0.15, 0.2) is 108 Å². The Bertz CT molecular complexity index is 1620. The summed E-state index contributed by atoms with van der Waals surface area (Å²) in [6.07, 6.45) is 0. The lowest BCUT2D eigenvalue weighted by molar-refractivity contribution is -0.142. The van der Waals surface area contributed by atoms with E-state index in [9.17, 15) is 22.4 Å². The molecule has 2 N–H and O–H groups in total. The van der Waals surface area contributed by atoms with Gasteiger partial charge in [0.15, 0.2) is 6.61 Å². The number of nitrogens with zero attached hydrogens (tertiary/aromatic N) is 1. The Labute approximate surface area is 249 Å². The number of halogens is 2. The lowest BCUT2D eigenvalue weighted by atomic mass is 10.1. The monoisotopic (exact) mass is 609 g/mol. The Hall–Kier alpha value is -4.41. The zero-order valence-electron chi connectivity index (χ0n) is 22.7. The number of hydrogen-bond acceptors (Lipinski definition) is 5. The van der Waals surface area contributed by atoms with Crippen molar-refractivity contribution in [1.82, 2.24) is 10.2 Å². The molecule has 42 heavy (non-hydrogen) atoms. The molecule has 0 aliphatic carbocycles. The van der Waals surface area contributed by atoms with E-state index in [-0.39, 0.29) is 41.9 Å². The molecule has 0 fully saturated rings. The molecule has 8 nitrogen and oxygen atoms in total. The number of nitrogens with one attached hydrogen (secondary N) is 2. The third-order valence-electron chi connectivity index (χ3n) is 6.37. The lowest BCUT2D eigenvalue weighted by Crippen LogP contribution is -2.48. The number of carbonyl (C=O) groups excluding carboxylic acids is 2. The zero-order chi connectivity index (χ0) is 30.1. The summed E-state index contributed by atoms with van der Waals surface area (Å²) in [4.78, 5) is 27.7. The van der Waals surface area contributed by atoms with Gasteiger partial charge in [-0.3, -0.25) is 14.3 Å². The first-order valence-corrected chi connectivity index (χ1v) is 14.8. The van der Waals surface area contributed by atoms with Gasteiger partial charge < -0.3 is 15.0 Å². The van der Waals surface area contributed by atoms with Crippen molar-refractivity contribution >= 4 is 39.1 Å². The molecule has 0 aromatic heterocycles. The highest BCUT2D eigenvalue weighted by Gasteiger charge is 2.26. The average molecular weight is 610 g/mol. The molecular formula is C31H29ClFN3O5S. The second-order valence-corrected chi connectivity index (χ2v) is 11.5. The maximum absolute atomic E-state index is 13.3. The highest BCUT2D eigenvalue weighted by molar-refractivity contribution is 7.92. The molecule has 0 unspecified atom stereocenters. The van der Waals surface area contributed by atoms with Crippen LogP contribution in [0.5, 0.6) is 5.75 Å². The Morgan fingerprint density at radius 1 is 0.905 bits per heavy atom. The molecule has 0 bridgehead atoms. The molecule has 1 atom stereocenters. The van der Waals surface area contributed by atoms with Gasteiger partial charge in [0.25, 0.3) is 15.9 Å². The zero-order valence-corrected chi connectivity index (χ0v) is 24.2. The molecule has 0 saturated carbocycles. The van der Waals surface area contributed by atoms with Crippen molar-refractivity contribution in [3.63, 3.8) is 0 Å². The van der Waals surface area contributed by atoms with E-state index in [1.807, 2.05) is 42.5 Å². The summed E-state index contributed by atoms with van der Waals surface area (Å²) in [6.45, 7) is 1.64.